The molecule has 1 aliphatic rings. The van der Waals surface area contributed by atoms with Crippen LogP contribution < -0.4 is 5.32 Å². The van der Waals surface area contributed by atoms with Gasteiger partial charge in [0.05, 0.1) is 11.9 Å². The zero-order chi connectivity index (χ0) is 11.4. The van der Waals surface area contributed by atoms with Crippen molar-refractivity contribution in [1.82, 2.24) is 9.78 Å². The molecule has 0 aliphatic heterocycles. The molecule has 1 heterocycles. The fraction of sp³-hybridized carbons (Fsp3) is 0.769. The molecule has 0 bridgehead atoms. The summed E-state index contributed by atoms with van der Waals surface area (Å²) in [7, 11) is 0. The van der Waals surface area contributed by atoms with Crippen LogP contribution in [0.3, 0.4) is 0 Å². The average Bonchev–Trinajstić information content (AvgIpc) is 2.84. The molecule has 1 fully saturated rings. The summed E-state index contributed by atoms with van der Waals surface area (Å²) in [5.74, 6) is 1.54. The van der Waals surface area contributed by atoms with Crippen molar-refractivity contribution >= 4 is 5.69 Å². The van der Waals surface area contributed by atoms with Crippen LogP contribution >= 0.6 is 0 Å². The fourth-order valence-electron chi connectivity index (χ4n) is 2.41. The number of rotatable bonds is 5. The van der Waals surface area contributed by atoms with Crippen molar-refractivity contribution in [2.24, 2.45) is 11.8 Å². The smallest absolute Gasteiger partial charge is 0.0726 e. The van der Waals surface area contributed by atoms with Crippen molar-refractivity contribution in [2.45, 2.75) is 46.1 Å². The first-order valence-corrected chi connectivity index (χ1v) is 6.50. The van der Waals surface area contributed by atoms with Crippen LogP contribution in [0.1, 0.15) is 39.5 Å². The van der Waals surface area contributed by atoms with E-state index in [1.54, 1.807) is 0 Å². The third kappa shape index (κ3) is 3.26. The van der Waals surface area contributed by atoms with E-state index in [9.17, 15) is 0 Å². The van der Waals surface area contributed by atoms with Crippen LogP contribution in [-0.2, 0) is 6.54 Å². The molecule has 16 heavy (non-hydrogen) atoms. The van der Waals surface area contributed by atoms with Crippen LogP contribution in [0.5, 0.6) is 0 Å². The van der Waals surface area contributed by atoms with E-state index in [4.69, 9.17) is 0 Å². The molecule has 0 radical (unpaired) electrons. The summed E-state index contributed by atoms with van der Waals surface area (Å²) in [6.45, 7) is 6.55. The highest BCUT2D eigenvalue weighted by atomic mass is 15.3. The van der Waals surface area contributed by atoms with Gasteiger partial charge < -0.3 is 5.32 Å². The van der Waals surface area contributed by atoms with Crippen LogP contribution in [0.25, 0.3) is 0 Å². The lowest BCUT2D eigenvalue weighted by atomic mass is 10.1. The van der Waals surface area contributed by atoms with Gasteiger partial charge in [0.25, 0.3) is 0 Å². The molecule has 90 valence electrons. The lowest BCUT2D eigenvalue weighted by molar-refractivity contribution is 0.483. The van der Waals surface area contributed by atoms with Crippen LogP contribution in [-0.4, -0.2) is 16.3 Å². The van der Waals surface area contributed by atoms with Crippen molar-refractivity contribution in [3.05, 3.63) is 12.4 Å². The van der Waals surface area contributed by atoms with E-state index >= 15 is 0 Å². The van der Waals surface area contributed by atoms with Gasteiger partial charge in [0.2, 0.25) is 0 Å². The Labute approximate surface area is 98.2 Å². The normalized spacial score (nSPS) is 17.2. The third-order valence-electron chi connectivity index (χ3n) is 3.26. The predicted molar refractivity (Wildman–Crippen MR) is 67.5 cm³/mol. The zero-order valence-electron chi connectivity index (χ0n) is 10.4. The Bertz CT molecular complexity index is 311. The minimum atomic E-state index is 0.655. The van der Waals surface area contributed by atoms with E-state index < -0.39 is 0 Å². The lowest BCUT2D eigenvalue weighted by Gasteiger charge is -2.09. The van der Waals surface area contributed by atoms with Crippen molar-refractivity contribution in [3.63, 3.8) is 0 Å². The van der Waals surface area contributed by atoms with Gasteiger partial charge in [-0.25, -0.2) is 0 Å². The van der Waals surface area contributed by atoms with E-state index in [0.29, 0.717) is 5.92 Å². The van der Waals surface area contributed by atoms with E-state index in [-0.39, 0.29) is 0 Å². The summed E-state index contributed by atoms with van der Waals surface area (Å²) in [5, 5.41) is 7.85. The van der Waals surface area contributed by atoms with Gasteiger partial charge in [0.1, 0.15) is 0 Å². The number of anilines is 1. The number of hydrogen-bond donors (Lipinski definition) is 1. The Morgan fingerprint density at radius 2 is 2.19 bits per heavy atom. The molecular weight excluding hydrogens is 198 g/mol. The second kappa shape index (κ2) is 5.37. The number of aromatic nitrogens is 2. The van der Waals surface area contributed by atoms with Gasteiger partial charge in [0, 0.05) is 19.3 Å². The van der Waals surface area contributed by atoms with Gasteiger partial charge >= 0.3 is 0 Å². The number of nitrogens with one attached hydrogen (secondary N) is 1. The maximum absolute atomic E-state index is 4.36. The molecule has 2 rings (SSSR count). The molecule has 0 saturated heterocycles. The molecule has 1 aromatic rings. The quantitative estimate of drug-likeness (QED) is 0.827. The Morgan fingerprint density at radius 1 is 1.44 bits per heavy atom. The Balaban J connectivity index is 1.78. The summed E-state index contributed by atoms with van der Waals surface area (Å²) in [6, 6.07) is 0. The Hall–Kier alpha value is -0.990. The monoisotopic (exact) mass is 221 g/mol. The summed E-state index contributed by atoms with van der Waals surface area (Å²) < 4.78 is 2.03. The first kappa shape index (κ1) is 11.5. The lowest BCUT2D eigenvalue weighted by Crippen LogP contribution is -2.10. The van der Waals surface area contributed by atoms with E-state index in [2.05, 4.69) is 30.5 Å². The maximum Gasteiger partial charge on any atom is 0.0726 e. The SMILES string of the molecule is CC(C)Cn1cc(NCC2CCCC2)cn1. The molecular formula is C13H23N3. The molecule has 1 aliphatic carbocycles. The van der Waals surface area contributed by atoms with Crippen LogP contribution in [0, 0.1) is 11.8 Å². The van der Waals surface area contributed by atoms with Gasteiger partial charge in [-0.1, -0.05) is 26.7 Å². The van der Waals surface area contributed by atoms with Gasteiger partial charge in [-0.3, -0.25) is 4.68 Å². The number of nitrogens with zero attached hydrogens (tertiary/aromatic N) is 2. The van der Waals surface area contributed by atoms with Gasteiger partial charge in [-0.05, 0) is 24.7 Å². The molecule has 0 atom stereocenters. The molecule has 0 unspecified atom stereocenters. The summed E-state index contributed by atoms with van der Waals surface area (Å²) in [4.78, 5) is 0. The molecule has 1 saturated carbocycles. The molecule has 0 aromatic carbocycles. The zero-order valence-corrected chi connectivity index (χ0v) is 10.4. The highest BCUT2D eigenvalue weighted by Crippen LogP contribution is 2.24. The molecule has 0 amide bonds. The predicted octanol–water partition coefficient (Wildman–Crippen LogP) is 3.14. The Morgan fingerprint density at radius 3 is 2.88 bits per heavy atom. The topological polar surface area (TPSA) is 29.9 Å². The molecule has 3 nitrogen and oxygen atoms in total. The highest BCUT2D eigenvalue weighted by Gasteiger charge is 2.14. The van der Waals surface area contributed by atoms with Crippen molar-refractivity contribution in [1.29, 1.82) is 0 Å². The summed E-state index contributed by atoms with van der Waals surface area (Å²) in [6.07, 6.45) is 9.68. The van der Waals surface area contributed by atoms with Crippen molar-refractivity contribution in [2.75, 3.05) is 11.9 Å². The highest BCUT2D eigenvalue weighted by molar-refractivity contribution is 5.38. The summed E-state index contributed by atoms with van der Waals surface area (Å²) in [5.41, 5.74) is 1.17. The van der Waals surface area contributed by atoms with Crippen LogP contribution in [0.2, 0.25) is 0 Å². The fourth-order valence-corrected chi connectivity index (χ4v) is 2.41. The maximum atomic E-state index is 4.36. The molecule has 1 N–H and O–H groups in total. The first-order chi connectivity index (χ1) is 7.74. The second-order valence-electron chi connectivity index (χ2n) is 5.38. The van der Waals surface area contributed by atoms with Crippen molar-refractivity contribution in [3.8, 4) is 0 Å². The van der Waals surface area contributed by atoms with Gasteiger partial charge in [-0.15, -0.1) is 0 Å². The van der Waals surface area contributed by atoms with Gasteiger partial charge in [0.15, 0.2) is 0 Å². The van der Waals surface area contributed by atoms with E-state index in [1.807, 2.05) is 10.9 Å². The third-order valence-corrected chi connectivity index (χ3v) is 3.26. The van der Waals surface area contributed by atoms with Crippen molar-refractivity contribution < 1.29 is 0 Å². The molecule has 1 aromatic heterocycles. The minimum absolute atomic E-state index is 0.655. The second-order valence-corrected chi connectivity index (χ2v) is 5.38. The van der Waals surface area contributed by atoms with E-state index in [0.717, 1.165) is 19.0 Å². The molecule has 0 spiro atoms. The van der Waals surface area contributed by atoms with E-state index in [1.165, 1.54) is 31.4 Å². The Kier molecular flexibility index (Phi) is 3.86. The average molecular weight is 221 g/mol. The summed E-state index contributed by atoms with van der Waals surface area (Å²) >= 11 is 0. The standard InChI is InChI=1S/C13H23N3/c1-11(2)9-16-10-13(8-15-16)14-7-12-5-3-4-6-12/h8,10-12,14H,3-7,9H2,1-2H3. The van der Waals surface area contributed by atoms with Crippen LogP contribution in [0.4, 0.5) is 5.69 Å². The number of hydrogen-bond acceptors (Lipinski definition) is 2. The van der Waals surface area contributed by atoms with Crippen LogP contribution in [0.15, 0.2) is 12.4 Å². The minimum Gasteiger partial charge on any atom is -0.382 e. The molecule has 3 heteroatoms. The largest absolute Gasteiger partial charge is 0.382 e. The van der Waals surface area contributed by atoms with Gasteiger partial charge in [-0.2, -0.15) is 5.10 Å². The first-order valence-electron chi connectivity index (χ1n) is 6.50.